The van der Waals surface area contributed by atoms with Crippen molar-refractivity contribution in [3.63, 3.8) is 0 Å². The second-order valence-corrected chi connectivity index (χ2v) is 5.11. The van der Waals surface area contributed by atoms with Crippen LogP contribution in [0, 0.1) is 0 Å². The number of carbonyl (C=O) groups excluding carboxylic acids is 1. The summed E-state index contributed by atoms with van der Waals surface area (Å²) in [5.74, 6) is -0.104. The molecule has 0 bridgehead atoms. The Bertz CT molecular complexity index is 507. The molecule has 1 aliphatic rings. The third kappa shape index (κ3) is 3.79. The maximum absolute atomic E-state index is 12.2. The highest BCUT2D eigenvalue weighted by molar-refractivity contribution is 6.29. The van der Waals surface area contributed by atoms with Crippen molar-refractivity contribution in [2.24, 2.45) is 0 Å². The summed E-state index contributed by atoms with van der Waals surface area (Å²) in [6, 6.07) is 3.45. The molecule has 5 nitrogen and oxygen atoms in total. The van der Waals surface area contributed by atoms with Crippen LogP contribution in [0.4, 0.5) is 0 Å². The zero-order valence-electron chi connectivity index (χ0n) is 11.2. The molecule has 2 unspecified atom stereocenters. The molecule has 0 aliphatic carbocycles. The summed E-state index contributed by atoms with van der Waals surface area (Å²) >= 11 is 5.79. The smallest absolute Gasteiger partial charge is 0.246 e. The summed E-state index contributed by atoms with van der Waals surface area (Å²) in [6.45, 7) is 2.67. The van der Waals surface area contributed by atoms with Gasteiger partial charge in [0.05, 0.1) is 25.4 Å². The van der Waals surface area contributed by atoms with Crippen LogP contribution in [0.5, 0.6) is 0 Å². The number of nitrogens with zero attached hydrogens (tertiary/aromatic N) is 2. The predicted molar refractivity (Wildman–Crippen MR) is 76.3 cm³/mol. The number of halogens is 1. The first-order valence-electron chi connectivity index (χ1n) is 6.43. The number of morpholine rings is 1. The standard InChI is InChI=1S/C14H17ClN2O3/c1-10-9-20-12(8-18)7-17(10)14(19)3-2-11-4-5-16-13(15)6-11/h2-6,10,12,18H,7-9H2,1H3/b3-2+. The molecule has 1 aromatic heterocycles. The molecule has 1 saturated heterocycles. The molecule has 1 fully saturated rings. The summed E-state index contributed by atoms with van der Waals surface area (Å²) in [6.07, 6.45) is 4.48. The minimum absolute atomic E-state index is 0.00372. The fourth-order valence-corrected chi connectivity index (χ4v) is 2.20. The molecule has 0 spiro atoms. The van der Waals surface area contributed by atoms with E-state index in [1.807, 2.05) is 6.92 Å². The lowest BCUT2D eigenvalue weighted by molar-refractivity contribution is -0.140. The Kier molecular flexibility index (Phi) is 5.11. The number of hydrogen-bond donors (Lipinski definition) is 1. The van der Waals surface area contributed by atoms with Gasteiger partial charge in [-0.15, -0.1) is 0 Å². The number of aromatic nitrogens is 1. The van der Waals surface area contributed by atoms with Crippen molar-refractivity contribution < 1.29 is 14.6 Å². The van der Waals surface area contributed by atoms with E-state index in [1.54, 1.807) is 29.3 Å². The van der Waals surface area contributed by atoms with E-state index in [0.717, 1.165) is 5.56 Å². The number of pyridine rings is 1. The SMILES string of the molecule is CC1COC(CO)CN1C(=O)/C=C/c1ccnc(Cl)c1. The molecule has 1 aromatic rings. The molecular weight excluding hydrogens is 280 g/mol. The molecule has 1 amide bonds. The van der Waals surface area contributed by atoms with Gasteiger partial charge in [0.1, 0.15) is 5.15 Å². The second kappa shape index (κ2) is 6.83. The molecule has 108 valence electrons. The number of aliphatic hydroxyl groups is 1. The molecule has 0 saturated carbocycles. The molecule has 2 heterocycles. The van der Waals surface area contributed by atoms with Crippen LogP contribution in [0.25, 0.3) is 6.08 Å². The fraction of sp³-hybridized carbons (Fsp3) is 0.429. The first-order valence-corrected chi connectivity index (χ1v) is 6.80. The highest BCUT2D eigenvalue weighted by Gasteiger charge is 2.27. The third-order valence-electron chi connectivity index (χ3n) is 3.16. The van der Waals surface area contributed by atoms with E-state index in [4.69, 9.17) is 21.4 Å². The number of rotatable bonds is 3. The quantitative estimate of drug-likeness (QED) is 0.676. The van der Waals surface area contributed by atoms with Crippen molar-refractivity contribution in [2.75, 3.05) is 19.8 Å². The monoisotopic (exact) mass is 296 g/mol. The molecule has 2 atom stereocenters. The zero-order chi connectivity index (χ0) is 14.5. The zero-order valence-corrected chi connectivity index (χ0v) is 12.0. The van der Waals surface area contributed by atoms with E-state index in [0.29, 0.717) is 18.3 Å². The lowest BCUT2D eigenvalue weighted by Gasteiger charge is -2.36. The number of aliphatic hydroxyl groups excluding tert-OH is 1. The molecule has 2 rings (SSSR count). The average molecular weight is 297 g/mol. The van der Waals surface area contributed by atoms with Crippen LogP contribution in [0.3, 0.4) is 0 Å². The Morgan fingerprint density at radius 1 is 1.70 bits per heavy atom. The molecule has 1 aliphatic heterocycles. The van der Waals surface area contributed by atoms with E-state index < -0.39 is 0 Å². The lowest BCUT2D eigenvalue weighted by Crippen LogP contribution is -2.51. The van der Waals surface area contributed by atoms with Crippen molar-refractivity contribution in [3.05, 3.63) is 35.1 Å². The van der Waals surface area contributed by atoms with Crippen LogP contribution in [0.15, 0.2) is 24.4 Å². The minimum Gasteiger partial charge on any atom is -0.394 e. The normalized spacial score (nSPS) is 23.2. The van der Waals surface area contributed by atoms with Crippen molar-refractivity contribution in [3.8, 4) is 0 Å². The molecular formula is C14H17ClN2O3. The molecule has 0 radical (unpaired) electrons. The van der Waals surface area contributed by atoms with Crippen LogP contribution in [0.1, 0.15) is 12.5 Å². The first-order chi connectivity index (χ1) is 9.60. The maximum atomic E-state index is 12.2. The Morgan fingerprint density at radius 2 is 2.50 bits per heavy atom. The second-order valence-electron chi connectivity index (χ2n) is 4.72. The molecule has 1 N–H and O–H groups in total. The topological polar surface area (TPSA) is 62.7 Å². The van der Waals surface area contributed by atoms with E-state index in [2.05, 4.69) is 4.98 Å². The van der Waals surface area contributed by atoms with Crippen LogP contribution in [0.2, 0.25) is 5.15 Å². The van der Waals surface area contributed by atoms with Crippen molar-refractivity contribution >= 4 is 23.6 Å². The average Bonchev–Trinajstić information content (AvgIpc) is 2.45. The minimum atomic E-state index is -0.307. The van der Waals surface area contributed by atoms with Crippen molar-refractivity contribution in [1.82, 2.24) is 9.88 Å². The maximum Gasteiger partial charge on any atom is 0.246 e. The Labute approximate surface area is 122 Å². The summed E-state index contributed by atoms with van der Waals surface area (Å²) in [7, 11) is 0. The van der Waals surface area contributed by atoms with Crippen LogP contribution >= 0.6 is 11.6 Å². The van der Waals surface area contributed by atoms with Gasteiger partial charge in [0.2, 0.25) is 5.91 Å². The van der Waals surface area contributed by atoms with Crippen molar-refractivity contribution in [1.29, 1.82) is 0 Å². The Hall–Kier alpha value is -1.43. The molecule has 6 heteroatoms. The van der Waals surface area contributed by atoms with Crippen LogP contribution in [-0.4, -0.2) is 52.8 Å². The Morgan fingerprint density at radius 3 is 3.20 bits per heavy atom. The predicted octanol–water partition coefficient (Wildman–Crippen LogP) is 1.36. The van der Waals surface area contributed by atoms with Gasteiger partial charge in [-0.3, -0.25) is 4.79 Å². The van der Waals surface area contributed by atoms with Gasteiger partial charge >= 0.3 is 0 Å². The molecule has 0 aromatic carbocycles. The van der Waals surface area contributed by atoms with E-state index in [1.165, 1.54) is 6.08 Å². The summed E-state index contributed by atoms with van der Waals surface area (Å²) < 4.78 is 5.40. The summed E-state index contributed by atoms with van der Waals surface area (Å²) in [4.78, 5) is 17.8. The first kappa shape index (κ1) is 15.0. The number of carbonyl (C=O) groups is 1. The highest BCUT2D eigenvalue weighted by Crippen LogP contribution is 2.13. The molecule has 20 heavy (non-hydrogen) atoms. The fourth-order valence-electron chi connectivity index (χ4n) is 2.02. The van der Waals surface area contributed by atoms with Gasteiger partial charge < -0.3 is 14.7 Å². The number of amides is 1. The van der Waals surface area contributed by atoms with E-state index in [9.17, 15) is 4.79 Å². The van der Waals surface area contributed by atoms with E-state index in [-0.39, 0.29) is 24.7 Å². The van der Waals surface area contributed by atoms with Gasteiger partial charge in [-0.25, -0.2) is 4.98 Å². The number of hydrogen-bond acceptors (Lipinski definition) is 4. The summed E-state index contributed by atoms with van der Waals surface area (Å²) in [5.41, 5.74) is 0.818. The van der Waals surface area contributed by atoms with Crippen molar-refractivity contribution in [2.45, 2.75) is 19.1 Å². The van der Waals surface area contributed by atoms with Crippen LogP contribution in [-0.2, 0) is 9.53 Å². The highest BCUT2D eigenvalue weighted by atomic mass is 35.5. The van der Waals surface area contributed by atoms with Gasteiger partial charge in [-0.2, -0.15) is 0 Å². The summed E-state index contributed by atoms with van der Waals surface area (Å²) in [5, 5.41) is 9.50. The van der Waals surface area contributed by atoms with Crippen LogP contribution < -0.4 is 0 Å². The third-order valence-corrected chi connectivity index (χ3v) is 3.37. The van der Waals surface area contributed by atoms with Gasteiger partial charge in [0.25, 0.3) is 0 Å². The Balaban J connectivity index is 2.03. The lowest BCUT2D eigenvalue weighted by atomic mass is 10.2. The van der Waals surface area contributed by atoms with Gasteiger partial charge in [-0.05, 0) is 30.7 Å². The van der Waals surface area contributed by atoms with Gasteiger partial charge in [-0.1, -0.05) is 11.6 Å². The number of ether oxygens (including phenoxy) is 1. The van der Waals surface area contributed by atoms with E-state index >= 15 is 0 Å². The van der Waals surface area contributed by atoms with Gasteiger partial charge in [0.15, 0.2) is 0 Å². The van der Waals surface area contributed by atoms with Gasteiger partial charge in [0, 0.05) is 18.8 Å². The largest absolute Gasteiger partial charge is 0.394 e.